The summed E-state index contributed by atoms with van der Waals surface area (Å²) >= 11 is 0. The van der Waals surface area contributed by atoms with Crippen molar-refractivity contribution >= 4 is 11.8 Å². The van der Waals surface area contributed by atoms with Gasteiger partial charge in [-0.3, -0.25) is 14.6 Å². The number of pyridine rings is 1. The maximum absolute atomic E-state index is 12.6. The second-order valence-electron chi connectivity index (χ2n) is 7.02. The standard InChI is InChI=1S/C19H23N5O2/c1-13-17-22-16(18(25)21-11-15-7-2-3-8-20-15)12-23(17)9-10-24(13)19(26)14-5-4-6-14/h2-3,7-8,12-14H,4-6,9-11H2,1H3,(H,21,25)/t13-/m1/s1. The van der Waals surface area contributed by atoms with Crippen LogP contribution in [0.1, 0.15) is 54.2 Å². The number of aromatic nitrogens is 3. The van der Waals surface area contributed by atoms with E-state index in [2.05, 4.69) is 15.3 Å². The summed E-state index contributed by atoms with van der Waals surface area (Å²) in [6.45, 7) is 3.71. The Labute approximate surface area is 152 Å². The third kappa shape index (κ3) is 3.09. The van der Waals surface area contributed by atoms with E-state index < -0.39 is 0 Å². The zero-order valence-corrected chi connectivity index (χ0v) is 14.9. The van der Waals surface area contributed by atoms with Crippen molar-refractivity contribution in [1.82, 2.24) is 24.8 Å². The lowest BCUT2D eigenvalue weighted by Crippen LogP contribution is -2.45. The minimum Gasteiger partial charge on any atom is -0.345 e. The summed E-state index contributed by atoms with van der Waals surface area (Å²) in [5.74, 6) is 0.979. The number of imidazole rings is 1. The molecule has 2 amide bonds. The Morgan fingerprint density at radius 2 is 2.12 bits per heavy atom. The summed E-state index contributed by atoms with van der Waals surface area (Å²) in [4.78, 5) is 35.7. The molecule has 4 rings (SSSR count). The Kier molecular flexibility index (Phi) is 4.44. The van der Waals surface area contributed by atoms with Gasteiger partial charge in [0.1, 0.15) is 11.5 Å². The second-order valence-corrected chi connectivity index (χ2v) is 7.02. The van der Waals surface area contributed by atoms with Crippen LogP contribution >= 0.6 is 0 Å². The molecule has 1 aliphatic heterocycles. The van der Waals surface area contributed by atoms with Crippen LogP contribution < -0.4 is 5.32 Å². The van der Waals surface area contributed by atoms with Crippen LogP contribution in [0.3, 0.4) is 0 Å². The molecule has 1 aliphatic carbocycles. The van der Waals surface area contributed by atoms with Crippen molar-refractivity contribution in [2.24, 2.45) is 5.92 Å². The van der Waals surface area contributed by atoms with Crippen LogP contribution in [-0.2, 0) is 17.9 Å². The topological polar surface area (TPSA) is 80.1 Å². The summed E-state index contributed by atoms with van der Waals surface area (Å²) in [6.07, 6.45) is 6.63. The lowest BCUT2D eigenvalue weighted by molar-refractivity contribution is -0.141. The van der Waals surface area contributed by atoms with Crippen molar-refractivity contribution in [2.75, 3.05) is 6.54 Å². The van der Waals surface area contributed by atoms with Gasteiger partial charge in [0.25, 0.3) is 5.91 Å². The zero-order valence-electron chi connectivity index (χ0n) is 14.9. The number of nitrogens with one attached hydrogen (secondary N) is 1. The highest BCUT2D eigenvalue weighted by atomic mass is 16.2. The minimum atomic E-state index is -0.221. The van der Waals surface area contributed by atoms with Gasteiger partial charge in [0.2, 0.25) is 5.91 Å². The third-order valence-electron chi connectivity index (χ3n) is 5.36. The molecule has 2 aromatic rings. The van der Waals surface area contributed by atoms with Crippen molar-refractivity contribution in [3.05, 3.63) is 47.8 Å². The van der Waals surface area contributed by atoms with Gasteiger partial charge < -0.3 is 14.8 Å². The van der Waals surface area contributed by atoms with Gasteiger partial charge in [-0.25, -0.2) is 4.98 Å². The predicted octanol–water partition coefficient (Wildman–Crippen LogP) is 1.91. The first-order chi connectivity index (χ1) is 12.6. The van der Waals surface area contributed by atoms with E-state index in [1.165, 1.54) is 0 Å². The predicted molar refractivity (Wildman–Crippen MR) is 95.1 cm³/mol. The molecule has 0 saturated heterocycles. The monoisotopic (exact) mass is 353 g/mol. The van der Waals surface area contributed by atoms with Gasteiger partial charge in [0.05, 0.1) is 18.3 Å². The first kappa shape index (κ1) is 16.8. The molecule has 3 heterocycles. The Morgan fingerprint density at radius 1 is 1.27 bits per heavy atom. The van der Waals surface area contributed by atoms with E-state index >= 15 is 0 Å². The van der Waals surface area contributed by atoms with Gasteiger partial charge in [0, 0.05) is 31.4 Å². The number of hydrogen-bond acceptors (Lipinski definition) is 4. The highest BCUT2D eigenvalue weighted by Gasteiger charge is 2.36. The van der Waals surface area contributed by atoms with Gasteiger partial charge in [-0.1, -0.05) is 12.5 Å². The first-order valence-corrected chi connectivity index (χ1v) is 9.19. The van der Waals surface area contributed by atoms with E-state index in [1.54, 1.807) is 12.4 Å². The fraction of sp³-hybridized carbons (Fsp3) is 0.474. The van der Waals surface area contributed by atoms with Crippen LogP contribution in [0.5, 0.6) is 0 Å². The van der Waals surface area contributed by atoms with Crippen molar-refractivity contribution in [1.29, 1.82) is 0 Å². The third-order valence-corrected chi connectivity index (χ3v) is 5.36. The molecule has 1 N–H and O–H groups in total. The Bertz CT molecular complexity index is 813. The van der Waals surface area contributed by atoms with Gasteiger partial charge in [0.15, 0.2) is 0 Å². The largest absolute Gasteiger partial charge is 0.345 e. The number of carbonyl (C=O) groups excluding carboxylic acids is 2. The molecule has 1 saturated carbocycles. The Balaban J connectivity index is 1.44. The molecule has 2 aliphatic rings. The number of carbonyl (C=O) groups is 2. The number of amides is 2. The molecule has 2 aromatic heterocycles. The van der Waals surface area contributed by atoms with E-state index in [9.17, 15) is 9.59 Å². The van der Waals surface area contributed by atoms with Crippen molar-refractivity contribution in [3.63, 3.8) is 0 Å². The maximum atomic E-state index is 12.6. The molecule has 7 nitrogen and oxygen atoms in total. The molecule has 0 spiro atoms. The summed E-state index contributed by atoms with van der Waals surface area (Å²) in [5, 5.41) is 2.85. The SMILES string of the molecule is C[C@@H]1c2nc(C(=O)NCc3ccccn3)cn2CCN1C(=O)C1CCC1. The lowest BCUT2D eigenvalue weighted by atomic mass is 9.84. The van der Waals surface area contributed by atoms with Gasteiger partial charge in [-0.2, -0.15) is 0 Å². The average Bonchev–Trinajstić information content (AvgIpc) is 3.04. The number of hydrogen-bond donors (Lipinski definition) is 1. The van der Waals surface area contributed by atoms with E-state index in [0.29, 0.717) is 25.3 Å². The average molecular weight is 353 g/mol. The Morgan fingerprint density at radius 3 is 2.81 bits per heavy atom. The number of nitrogens with zero attached hydrogens (tertiary/aromatic N) is 4. The summed E-state index contributed by atoms with van der Waals surface area (Å²) in [7, 11) is 0. The van der Waals surface area contributed by atoms with Crippen molar-refractivity contribution in [3.8, 4) is 0 Å². The maximum Gasteiger partial charge on any atom is 0.271 e. The van der Waals surface area contributed by atoms with Crippen LogP contribution in [0.25, 0.3) is 0 Å². The van der Waals surface area contributed by atoms with E-state index in [1.807, 2.05) is 34.6 Å². The Hall–Kier alpha value is -2.70. The summed E-state index contributed by atoms with van der Waals surface area (Å²) in [6, 6.07) is 5.49. The van der Waals surface area contributed by atoms with Crippen molar-refractivity contribution in [2.45, 2.75) is 45.3 Å². The number of rotatable bonds is 4. The molecule has 136 valence electrons. The molecule has 26 heavy (non-hydrogen) atoms. The quantitative estimate of drug-likeness (QED) is 0.910. The van der Waals surface area contributed by atoms with Crippen LogP contribution in [0, 0.1) is 5.92 Å². The first-order valence-electron chi connectivity index (χ1n) is 9.19. The minimum absolute atomic E-state index is 0.103. The van der Waals surface area contributed by atoms with E-state index in [4.69, 9.17) is 0 Å². The fourth-order valence-electron chi connectivity index (χ4n) is 3.56. The lowest BCUT2D eigenvalue weighted by Gasteiger charge is -2.38. The van der Waals surface area contributed by atoms with E-state index in [-0.39, 0.29) is 23.8 Å². The zero-order chi connectivity index (χ0) is 18.1. The van der Waals surface area contributed by atoms with Crippen LogP contribution in [0.4, 0.5) is 0 Å². The van der Waals surface area contributed by atoms with Gasteiger partial charge in [-0.05, 0) is 31.9 Å². The molecule has 0 unspecified atom stereocenters. The molecule has 7 heteroatoms. The van der Waals surface area contributed by atoms with Crippen LogP contribution in [0.15, 0.2) is 30.6 Å². The molecular formula is C19H23N5O2. The molecule has 0 bridgehead atoms. The van der Waals surface area contributed by atoms with Crippen molar-refractivity contribution < 1.29 is 9.59 Å². The fourth-order valence-corrected chi connectivity index (χ4v) is 3.56. The molecular weight excluding hydrogens is 330 g/mol. The second kappa shape index (κ2) is 6.90. The number of fused-ring (bicyclic) bond motifs is 1. The molecule has 1 fully saturated rings. The highest BCUT2D eigenvalue weighted by Crippen LogP contribution is 2.33. The van der Waals surface area contributed by atoms with Crippen LogP contribution in [0.2, 0.25) is 0 Å². The molecule has 0 aromatic carbocycles. The van der Waals surface area contributed by atoms with Gasteiger partial charge >= 0.3 is 0 Å². The molecule has 1 atom stereocenters. The van der Waals surface area contributed by atoms with E-state index in [0.717, 1.165) is 30.8 Å². The summed E-state index contributed by atoms with van der Waals surface area (Å²) in [5.41, 5.74) is 1.19. The molecule has 0 radical (unpaired) electrons. The normalized spacial score (nSPS) is 19.6. The highest BCUT2D eigenvalue weighted by molar-refractivity contribution is 5.92. The smallest absolute Gasteiger partial charge is 0.271 e. The summed E-state index contributed by atoms with van der Waals surface area (Å²) < 4.78 is 1.99. The van der Waals surface area contributed by atoms with Crippen LogP contribution in [-0.4, -0.2) is 37.8 Å². The van der Waals surface area contributed by atoms with Gasteiger partial charge in [-0.15, -0.1) is 0 Å².